The summed E-state index contributed by atoms with van der Waals surface area (Å²) in [7, 11) is -3.75. The van der Waals surface area contributed by atoms with E-state index in [1.165, 1.54) is 12.1 Å². The van der Waals surface area contributed by atoms with Crippen molar-refractivity contribution >= 4 is 31.6 Å². The summed E-state index contributed by atoms with van der Waals surface area (Å²) in [6.07, 6.45) is 0. The van der Waals surface area contributed by atoms with Crippen LogP contribution in [0, 0.1) is 12.7 Å². The van der Waals surface area contributed by atoms with Gasteiger partial charge in [-0.2, -0.15) is 0 Å². The number of para-hydroxylation sites is 1. The van der Waals surface area contributed by atoms with Crippen molar-refractivity contribution in [3.05, 3.63) is 59.4 Å². The summed E-state index contributed by atoms with van der Waals surface area (Å²) in [5, 5.41) is 0. The third-order valence-corrected chi connectivity index (χ3v) is 5.08. The van der Waals surface area contributed by atoms with Gasteiger partial charge in [-0.05, 0) is 49.2 Å². The fraction of sp³-hybridized carbons (Fsp3) is 0.200. The smallest absolute Gasteiger partial charge is 0.262 e. The number of hydrogen-bond donors (Lipinski definition) is 1. The molecule has 0 saturated heterocycles. The molecule has 6 heteroatoms. The maximum Gasteiger partial charge on any atom is 0.262 e. The van der Waals surface area contributed by atoms with Gasteiger partial charge in [0, 0.05) is 4.83 Å². The summed E-state index contributed by atoms with van der Waals surface area (Å²) in [6.45, 7) is 3.48. The molecule has 0 aliphatic heterocycles. The summed E-state index contributed by atoms with van der Waals surface area (Å²) in [5.41, 5.74) is 1.71. The second kappa shape index (κ2) is 6.15. The number of aryl methyl sites for hydroxylation is 1. The van der Waals surface area contributed by atoms with E-state index in [0.717, 1.165) is 11.6 Å². The van der Waals surface area contributed by atoms with Gasteiger partial charge in [0.15, 0.2) is 0 Å². The van der Waals surface area contributed by atoms with Crippen LogP contribution in [0.2, 0.25) is 0 Å². The van der Waals surface area contributed by atoms with Crippen LogP contribution in [0.5, 0.6) is 0 Å². The van der Waals surface area contributed by atoms with Gasteiger partial charge < -0.3 is 0 Å². The molecule has 2 aromatic carbocycles. The minimum absolute atomic E-state index is 0.00529. The fourth-order valence-corrected chi connectivity index (χ4v) is 3.77. The molecule has 0 fully saturated rings. The molecule has 112 valence electrons. The molecule has 0 aliphatic rings. The minimum Gasteiger partial charge on any atom is -0.279 e. The van der Waals surface area contributed by atoms with Crippen molar-refractivity contribution in [3.63, 3.8) is 0 Å². The Hall–Kier alpha value is -1.40. The number of halogens is 2. The Morgan fingerprint density at radius 3 is 2.48 bits per heavy atom. The van der Waals surface area contributed by atoms with Crippen molar-refractivity contribution in [2.24, 2.45) is 0 Å². The van der Waals surface area contributed by atoms with Gasteiger partial charge in [-0.25, -0.2) is 12.8 Å². The van der Waals surface area contributed by atoms with E-state index < -0.39 is 15.8 Å². The number of anilines is 1. The largest absolute Gasteiger partial charge is 0.279 e. The molecule has 1 unspecified atom stereocenters. The van der Waals surface area contributed by atoms with Gasteiger partial charge in [-0.1, -0.05) is 34.1 Å². The van der Waals surface area contributed by atoms with Crippen LogP contribution in [-0.2, 0) is 10.0 Å². The summed E-state index contributed by atoms with van der Waals surface area (Å²) in [6, 6.07) is 10.8. The van der Waals surface area contributed by atoms with E-state index in [4.69, 9.17) is 0 Å². The predicted octanol–water partition coefficient (Wildman–Crippen LogP) is 4.39. The van der Waals surface area contributed by atoms with E-state index in [1.807, 2.05) is 19.1 Å². The standard InChI is InChI=1S/C15H15BrFNO2S/c1-10-9-12(17)7-8-15(10)21(19,20)18-14-6-4-3-5-13(14)11(2)16/h3-9,11,18H,1-2H3. The van der Waals surface area contributed by atoms with Gasteiger partial charge in [0.2, 0.25) is 0 Å². The maximum absolute atomic E-state index is 13.1. The van der Waals surface area contributed by atoms with Crippen LogP contribution < -0.4 is 4.72 Å². The zero-order chi connectivity index (χ0) is 15.6. The number of nitrogens with one attached hydrogen (secondary N) is 1. The van der Waals surface area contributed by atoms with E-state index in [1.54, 1.807) is 19.1 Å². The van der Waals surface area contributed by atoms with Gasteiger partial charge in [0.1, 0.15) is 5.82 Å². The minimum atomic E-state index is -3.75. The van der Waals surface area contributed by atoms with Crippen molar-refractivity contribution in [2.75, 3.05) is 4.72 Å². The molecular formula is C15H15BrFNO2S. The SMILES string of the molecule is Cc1cc(F)ccc1S(=O)(=O)Nc1ccccc1C(C)Br. The van der Waals surface area contributed by atoms with E-state index in [-0.39, 0.29) is 9.72 Å². The van der Waals surface area contributed by atoms with Crippen LogP contribution in [0.3, 0.4) is 0 Å². The van der Waals surface area contributed by atoms with Crippen LogP contribution in [0.15, 0.2) is 47.4 Å². The molecule has 2 rings (SSSR count). The van der Waals surface area contributed by atoms with Crippen LogP contribution in [0.1, 0.15) is 22.9 Å². The molecule has 0 spiro atoms. The highest BCUT2D eigenvalue weighted by molar-refractivity contribution is 9.09. The topological polar surface area (TPSA) is 46.2 Å². The lowest BCUT2D eigenvalue weighted by Crippen LogP contribution is -2.15. The highest BCUT2D eigenvalue weighted by Crippen LogP contribution is 2.30. The van der Waals surface area contributed by atoms with Gasteiger partial charge in [-0.3, -0.25) is 4.72 Å². The molecule has 2 aromatic rings. The van der Waals surface area contributed by atoms with E-state index in [0.29, 0.717) is 11.3 Å². The van der Waals surface area contributed by atoms with E-state index in [2.05, 4.69) is 20.7 Å². The van der Waals surface area contributed by atoms with E-state index in [9.17, 15) is 12.8 Å². The van der Waals surface area contributed by atoms with Crippen molar-refractivity contribution < 1.29 is 12.8 Å². The highest BCUT2D eigenvalue weighted by Gasteiger charge is 2.19. The molecule has 21 heavy (non-hydrogen) atoms. The van der Waals surface area contributed by atoms with Crippen LogP contribution in [0.4, 0.5) is 10.1 Å². The molecule has 0 bridgehead atoms. The molecule has 0 amide bonds. The second-order valence-corrected chi connectivity index (χ2v) is 7.74. The Morgan fingerprint density at radius 2 is 1.86 bits per heavy atom. The zero-order valence-corrected chi connectivity index (χ0v) is 14.0. The quantitative estimate of drug-likeness (QED) is 0.810. The third kappa shape index (κ3) is 3.63. The van der Waals surface area contributed by atoms with Gasteiger partial charge in [0.05, 0.1) is 10.6 Å². The van der Waals surface area contributed by atoms with Crippen molar-refractivity contribution in [1.82, 2.24) is 0 Å². The molecule has 0 aliphatic carbocycles. The molecule has 0 aromatic heterocycles. The second-order valence-electron chi connectivity index (χ2n) is 4.72. The molecule has 0 heterocycles. The number of hydrogen-bond acceptors (Lipinski definition) is 2. The molecule has 0 radical (unpaired) electrons. The molecule has 1 atom stereocenters. The molecule has 0 saturated carbocycles. The average molecular weight is 372 g/mol. The number of alkyl halides is 1. The van der Waals surface area contributed by atoms with Gasteiger partial charge >= 0.3 is 0 Å². The molecule has 3 nitrogen and oxygen atoms in total. The summed E-state index contributed by atoms with van der Waals surface area (Å²) in [4.78, 5) is 0.0756. The first-order valence-corrected chi connectivity index (χ1v) is 8.73. The van der Waals surface area contributed by atoms with E-state index >= 15 is 0 Å². The number of benzene rings is 2. The number of sulfonamides is 1. The monoisotopic (exact) mass is 371 g/mol. The lowest BCUT2D eigenvalue weighted by atomic mass is 10.1. The first-order valence-electron chi connectivity index (χ1n) is 6.33. The Morgan fingerprint density at radius 1 is 1.19 bits per heavy atom. The van der Waals surface area contributed by atoms with Crippen LogP contribution in [0.25, 0.3) is 0 Å². The Kier molecular flexibility index (Phi) is 4.68. The maximum atomic E-state index is 13.1. The first-order chi connectivity index (χ1) is 9.81. The predicted molar refractivity (Wildman–Crippen MR) is 85.7 cm³/mol. The van der Waals surface area contributed by atoms with Crippen molar-refractivity contribution in [3.8, 4) is 0 Å². The lowest BCUT2D eigenvalue weighted by Gasteiger charge is -2.15. The molecular weight excluding hydrogens is 357 g/mol. The fourth-order valence-electron chi connectivity index (χ4n) is 2.05. The zero-order valence-electron chi connectivity index (χ0n) is 11.6. The summed E-state index contributed by atoms with van der Waals surface area (Å²) < 4.78 is 40.6. The molecule has 1 N–H and O–H groups in total. The Balaban J connectivity index is 2.43. The van der Waals surface area contributed by atoms with Crippen LogP contribution in [-0.4, -0.2) is 8.42 Å². The van der Waals surface area contributed by atoms with Crippen molar-refractivity contribution in [1.29, 1.82) is 0 Å². The van der Waals surface area contributed by atoms with Gasteiger partial charge in [0.25, 0.3) is 10.0 Å². The number of rotatable bonds is 4. The lowest BCUT2D eigenvalue weighted by molar-refractivity contribution is 0.598. The first kappa shape index (κ1) is 16.0. The third-order valence-electron chi connectivity index (χ3n) is 3.06. The Labute approximate surface area is 132 Å². The van der Waals surface area contributed by atoms with Crippen molar-refractivity contribution in [2.45, 2.75) is 23.6 Å². The summed E-state index contributed by atoms with van der Waals surface area (Å²) in [5.74, 6) is -0.457. The highest BCUT2D eigenvalue weighted by atomic mass is 79.9. The summed E-state index contributed by atoms with van der Waals surface area (Å²) >= 11 is 3.44. The normalized spacial score (nSPS) is 13.0. The van der Waals surface area contributed by atoms with Gasteiger partial charge in [-0.15, -0.1) is 0 Å². The van der Waals surface area contributed by atoms with Crippen LogP contribution >= 0.6 is 15.9 Å². The Bertz CT molecular complexity index is 760. The average Bonchev–Trinajstić information content (AvgIpc) is 2.37.